The zero-order chi connectivity index (χ0) is 12.4. The average molecular weight is 239 g/mol. The second-order valence-electron chi connectivity index (χ2n) is 5.31. The molecular weight excluding hydrogens is 218 g/mol. The van der Waals surface area contributed by atoms with Gasteiger partial charge in [-0.05, 0) is 46.0 Å². The Hall–Kier alpha value is -1.06. The van der Waals surface area contributed by atoms with Crippen molar-refractivity contribution in [1.82, 2.24) is 4.90 Å². The molecule has 1 saturated heterocycles. The fourth-order valence-electron chi connectivity index (χ4n) is 2.56. The molecule has 4 heteroatoms. The van der Waals surface area contributed by atoms with Crippen LogP contribution in [-0.2, 0) is 14.3 Å². The molecule has 2 unspecified atom stereocenters. The molecule has 0 radical (unpaired) electrons. The van der Waals surface area contributed by atoms with Crippen molar-refractivity contribution in [3.63, 3.8) is 0 Å². The average Bonchev–Trinajstić information content (AvgIpc) is 3.09. The molecule has 1 aliphatic heterocycles. The number of likely N-dealkylation sites (tertiary alicyclic amines) is 1. The molecule has 0 aromatic carbocycles. The van der Waals surface area contributed by atoms with Gasteiger partial charge in [0.2, 0.25) is 0 Å². The molecule has 2 atom stereocenters. The van der Waals surface area contributed by atoms with Gasteiger partial charge in [-0.15, -0.1) is 0 Å². The fraction of sp³-hybridized carbons (Fsp3) is 0.846. The van der Waals surface area contributed by atoms with Gasteiger partial charge in [0.25, 0.3) is 5.91 Å². The maximum atomic E-state index is 12.0. The number of esters is 1. The minimum Gasteiger partial charge on any atom is -0.455 e. The number of amides is 1. The Morgan fingerprint density at radius 3 is 2.24 bits per heavy atom. The van der Waals surface area contributed by atoms with E-state index in [1.165, 1.54) is 6.42 Å². The summed E-state index contributed by atoms with van der Waals surface area (Å²) in [5.41, 5.74) is 0. The van der Waals surface area contributed by atoms with E-state index in [0.29, 0.717) is 0 Å². The summed E-state index contributed by atoms with van der Waals surface area (Å²) in [4.78, 5) is 25.3. The van der Waals surface area contributed by atoms with Gasteiger partial charge < -0.3 is 9.64 Å². The molecule has 0 aromatic heterocycles. The van der Waals surface area contributed by atoms with Crippen LogP contribution in [0.25, 0.3) is 0 Å². The van der Waals surface area contributed by atoms with Crippen LogP contribution in [0, 0.1) is 5.92 Å². The lowest BCUT2D eigenvalue weighted by Crippen LogP contribution is -2.49. The van der Waals surface area contributed by atoms with Crippen molar-refractivity contribution in [3.8, 4) is 0 Å². The van der Waals surface area contributed by atoms with Crippen molar-refractivity contribution >= 4 is 11.9 Å². The molecule has 2 rings (SSSR count). The zero-order valence-corrected chi connectivity index (χ0v) is 10.6. The lowest BCUT2D eigenvalue weighted by Gasteiger charge is -2.38. The van der Waals surface area contributed by atoms with Crippen LogP contribution in [0.2, 0.25) is 0 Å². The molecule has 1 saturated carbocycles. The molecule has 0 aromatic rings. The predicted octanol–water partition coefficient (Wildman–Crippen LogP) is 1.73. The van der Waals surface area contributed by atoms with E-state index >= 15 is 0 Å². The topological polar surface area (TPSA) is 46.6 Å². The van der Waals surface area contributed by atoms with E-state index < -0.39 is 0 Å². The normalized spacial score (nSPS) is 28.9. The molecule has 0 N–H and O–H groups in total. The van der Waals surface area contributed by atoms with Crippen LogP contribution in [0.4, 0.5) is 0 Å². The van der Waals surface area contributed by atoms with Gasteiger partial charge >= 0.3 is 5.97 Å². The van der Waals surface area contributed by atoms with Crippen molar-refractivity contribution in [2.75, 3.05) is 6.61 Å². The van der Waals surface area contributed by atoms with E-state index in [4.69, 9.17) is 4.74 Å². The second kappa shape index (κ2) is 5.07. The van der Waals surface area contributed by atoms with Gasteiger partial charge in [-0.25, -0.2) is 0 Å². The van der Waals surface area contributed by atoms with E-state index in [1.807, 2.05) is 4.90 Å². The van der Waals surface area contributed by atoms with E-state index in [2.05, 4.69) is 13.8 Å². The monoisotopic (exact) mass is 239 g/mol. The molecule has 0 bridgehead atoms. The highest BCUT2D eigenvalue weighted by molar-refractivity contribution is 5.82. The lowest BCUT2D eigenvalue weighted by molar-refractivity contribution is -0.155. The van der Waals surface area contributed by atoms with Gasteiger partial charge in [-0.2, -0.15) is 0 Å². The third-order valence-electron chi connectivity index (χ3n) is 3.73. The highest BCUT2D eigenvalue weighted by atomic mass is 16.5. The van der Waals surface area contributed by atoms with Crippen molar-refractivity contribution in [2.24, 2.45) is 5.92 Å². The molecule has 2 fully saturated rings. The summed E-state index contributed by atoms with van der Waals surface area (Å²) in [6.45, 7) is 4.05. The highest BCUT2D eigenvalue weighted by Gasteiger charge is 2.33. The van der Waals surface area contributed by atoms with E-state index in [1.54, 1.807) is 0 Å². The van der Waals surface area contributed by atoms with Gasteiger partial charge in [-0.3, -0.25) is 9.59 Å². The van der Waals surface area contributed by atoms with E-state index in [-0.39, 0.29) is 36.5 Å². The Labute approximate surface area is 102 Å². The molecule has 1 aliphatic carbocycles. The van der Waals surface area contributed by atoms with Crippen molar-refractivity contribution in [2.45, 2.75) is 58.0 Å². The number of carbonyl (C=O) groups excluding carboxylic acids is 2. The molecule has 0 spiro atoms. The zero-order valence-electron chi connectivity index (χ0n) is 10.6. The maximum Gasteiger partial charge on any atom is 0.309 e. The van der Waals surface area contributed by atoms with Crippen LogP contribution in [0.3, 0.4) is 0 Å². The molecule has 4 nitrogen and oxygen atoms in total. The van der Waals surface area contributed by atoms with E-state index in [0.717, 1.165) is 25.7 Å². The summed E-state index contributed by atoms with van der Waals surface area (Å²) in [7, 11) is 0. The van der Waals surface area contributed by atoms with Crippen LogP contribution in [0.5, 0.6) is 0 Å². The largest absolute Gasteiger partial charge is 0.455 e. The number of rotatable bonds is 3. The maximum absolute atomic E-state index is 12.0. The summed E-state index contributed by atoms with van der Waals surface area (Å²) in [5, 5.41) is 0. The number of ether oxygens (including phenoxy) is 1. The Morgan fingerprint density at radius 2 is 1.71 bits per heavy atom. The first-order valence-electron chi connectivity index (χ1n) is 6.57. The van der Waals surface area contributed by atoms with Crippen LogP contribution in [0.15, 0.2) is 0 Å². The van der Waals surface area contributed by atoms with Crippen LogP contribution < -0.4 is 0 Å². The number of hydrogen-bond acceptors (Lipinski definition) is 3. The summed E-state index contributed by atoms with van der Waals surface area (Å²) in [6, 6.07) is 0.539. The Kier molecular flexibility index (Phi) is 3.69. The van der Waals surface area contributed by atoms with E-state index in [9.17, 15) is 9.59 Å². The van der Waals surface area contributed by atoms with Gasteiger partial charge in [0.15, 0.2) is 6.61 Å². The third kappa shape index (κ3) is 2.99. The molecule has 17 heavy (non-hydrogen) atoms. The first kappa shape index (κ1) is 12.4. The van der Waals surface area contributed by atoms with Gasteiger partial charge in [-0.1, -0.05) is 0 Å². The van der Waals surface area contributed by atoms with Crippen molar-refractivity contribution < 1.29 is 14.3 Å². The molecule has 2 aliphatic rings. The SMILES string of the molecule is CC1CCCC(C)N1C(=O)COC(=O)C1CC1. The number of nitrogens with zero attached hydrogens (tertiary/aromatic N) is 1. The fourth-order valence-corrected chi connectivity index (χ4v) is 2.56. The summed E-state index contributed by atoms with van der Waals surface area (Å²) < 4.78 is 5.05. The molecule has 1 amide bonds. The number of carbonyl (C=O) groups is 2. The first-order chi connectivity index (χ1) is 8.09. The standard InChI is InChI=1S/C13H21NO3/c1-9-4-3-5-10(2)14(9)12(15)8-17-13(16)11-6-7-11/h9-11H,3-8H2,1-2H3. The van der Waals surface area contributed by atoms with Crippen molar-refractivity contribution in [3.05, 3.63) is 0 Å². The third-order valence-corrected chi connectivity index (χ3v) is 3.73. The molecular formula is C13H21NO3. The quantitative estimate of drug-likeness (QED) is 0.705. The number of hydrogen-bond donors (Lipinski definition) is 0. The Bertz CT molecular complexity index is 302. The van der Waals surface area contributed by atoms with Crippen LogP contribution in [0.1, 0.15) is 46.0 Å². The first-order valence-corrected chi connectivity index (χ1v) is 6.57. The van der Waals surface area contributed by atoms with Gasteiger partial charge in [0, 0.05) is 12.1 Å². The van der Waals surface area contributed by atoms with Crippen LogP contribution >= 0.6 is 0 Å². The Morgan fingerprint density at radius 1 is 1.12 bits per heavy atom. The van der Waals surface area contributed by atoms with Gasteiger partial charge in [0.1, 0.15) is 0 Å². The number of piperidine rings is 1. The Balaban J connectivity index is 1.82. The summed E-state index contributed by atoms with van der Waals surface area (Å²) in [5.74, 6) is -0.173. The highest BCUT2D eigenvalue weighted by Crippen LogP contribution is 2.30. The van der Waals surface area contributed by atoms with Gasteiger partial charge in [0.05, 0.1) is 5.92 Å². The lowest BCUT2D eigenvalue weighted by atomic mass is 9.97. The van der Waals surface area contributed by atoms with Crippen molar-refractivity contribution in [1.29, 1.82) is 0 Å². The minimum atomic E-state index is -0.198. The molecule has 1 heterocycles. The predicted molar refractivity (Wildman–Crippen MR) is 63.3 cm³/mol. The summed E-state index contributed by atoms with van der Waals surface area (Å²) in [6.07, 6.45) is 5.11. The molecule has 96 valence electrons. The minimum absolute atomic E-state index is 0.0429. The second-order valence-corrected chi connectivity index (χ2v) is 5.31. The smallest absolute Gasteiger partial charge is 0.309 e. The van der Waals surface area contributed by atoms with Crippen LogP contribution in [-0.4, -0.2) is 35.5 Å². The summed E-state index contributed by atoms with van der Waals surface area (Å²) >= 11 is 0.